The van der Waals surface area contributed by atoms with Gasteiger partial charge >= 0.3 is 6.03 Å². The number of ether oxygens (including phenoxy) is 1. The molecule has 9 heteroatoms. The van der Waals surface area contributed by atoms with Gasteiger partial charge in [-0.2, -0.15) is 0 Å². The molecular weight excluding hydrogens is 510 g/mol. The molecule has 7 nitrogen and oxygen atoms in total. The number of nitrogens with zero attached hydrogens (tertiary/aromatic N) is 1. The maximum atomic E-state index is 12.8. The van der Waals surface area contributed by atoms with E-state index in [0.717, 1.165) is 4.90 Å². The van der Waals surface area contributed by atoms with Crippen molar-refractivity contribution in [3.05, 3.63) is 93.6 Å². The molecule has 4 amide bonds. The average Bonchev–Trinajstić information content (AvgIpc) is 3.06. The smallest absolute Gasteiger partial charge is 0.333 e. The normalized spacial score (nSPS) is 14.4. The Labute approximate surface area is 203 Å². The van der Waals surface area contributed by atoms with E-state index >= 15 is 0 Å². The fraction of sp³-hybridized carbons (Fsp3) is 0.0417. The predicted octanol–water partition coefficient (Wildman–Crippen LogP) is 5.22. The van der Waals surface area contributed by atoms with E-state index < -0.39 is 11.9 Å². The highest BCUT2D eigenvalue weighted by atomic mass is 79.9. The number of carbonyl (C=O) groups is 3. The minimum Gasteiger partial charge on any atom is -0.483 e. The lowest BCUT2D eigenvalue weighted by Gasteiger charge is -2.11. The maximum absolute atomic E-state index is 12.8. The van der Waals surface area contributed by atoms with Crippen molar-refractivity contribution in [2.75, 3.05) is 16.8 Å². The standard InChI is InChI=1S/C24H17BrClN3O4/c25-19-11-15(9-10-21(19)33-14-22(30)27-17-6-2-1-3-7-17)12-20-23(31)29(24(32)28-20)18-8-4-5-16(26)13-18/h1-13H,14H2,(H,27,30)(H,28,32)/b20-12+. The first-order chi connectivity index (χ1) is 15.9. The lowest BCUT2D eigenvalue weighted by atomic mass is 10.2. The Bertz CT molecular complexity index is 1260. The highest BCUT2D eigenvalue weighted by Crippen LogP contribution is 2.29. The Balaban J connectivity index is 1.43. The molecule has 1 heterocycles. The molecule has 0 radical (unpaired) electrons. The minimum atomic E-state index is -0.558. The SMILES string of the molecule is O=C(COc1ccc(/C=C2/NC(=O)N(c3cccc(Cl)c3)C2=O)cc1Br)Nc1ccccc1. The molecule has 166 valence electrons. The molecule has 1 aliphatic heterocycles. The van der Waals surface area contributed by atoms with Gasteiger partial charge in [0.1, 0.15) is 11.4 Å². The number of halogens is 2. The summed E-state index contributed by atoms with van der Waals surface area (Å²) in [5.41, 5.74) is 1.84. The molecule has 0 bridgehead atoms. The van der Waals surface area contributed by atoms with Gasteiger partial charge in [-0.1, -0.05) is 41.9 Å². The van der Waals surface area contributed by atoms with Crippen molar-refractivity contribution in [1.82, 2.24) is 5.32 Å². The first kappa shape index (κ1) is 22.6. The molecule has 3 aromatic carbocycles. The van der Waals surface area contributed by atoms with Crippen molar-refractivity contribution in [2.45, 2.75) is 0 Å². The Kier molecular flexibility index (Phi) is 6.76. The Morgan fingerprint density at radius 1 is 1.06 bits per heavy atom. The fourth-order valence-corrected chi connectivity index (χ4v) is 3.83. The third-order valence-electron chi connectivity index (χ3n) is 4.63. The van der Waals surface area contributed by atoms with E-state index in [0.29, 0.717) is 32.2 Å². The number of carbonyl (C=O) groups excluding carboxylic acids is 3. The fourth-order valence-electron chi connectivity index (χ4n) is 3.14. The van der Waals surface area contributed by atoms with Gasteiger partial charge in [0.25, 0.3) is 11.8 Å². The summed E-state index contributed by atoms with van der Waals surface area (Å²) >= 11 is 9.39. The molecule has 4 rings (SSSR count). The van der Waals surface area contributed by atoms with Gasteiger partial charge in [0.05, 0.1) is 10.2 Å². The topological polar surface area (TPSA) is 87.7 Å². The van der Waals surface area contributed by atoms with Crippen LogP contribution < -0.4 is 20.3 Å². The summed E-state index contributed by atoms with van der Waals surface area (Å²) in [5.74, 6) is -0.321. The number of para-hydroxylation sites is 1. The molecule has 0 aromatic heterocycles. The van der Waals surface area contributed by atoms with Gasteiger partial charge in [-0.05, 0) is 70.0 Å². The van der Waals surface area contributed by atoms with Gasteiger partial charge in [0, 0.05) is 10.7 Å². The van der Waals surface area contributed by atoms with Crippen LogP contribution in [-0.4, -0.2) is 24.5 Å². The number of amides is 4. The van der Waals surface area contributed by atoms with Crippen LogP contribution >= 0.6 is 27.5 Å². The zero-order valence-corrected chi connectivity index (χ0v) is 19.4. The zero-order valence-electron chi connectivity index (χ0n) is 17.0. The number of anilines is 2. The summed E-state index contributed by atoms with van der Waals surface area (Å²) in [6.07, 6.45) is 1.56. The van der Waals surface area contributed by atoms with Gasteiger partial charge in [0.2, 0.25) is 0 Å². The molecule has 3 aromatic rings. The van der Waals surface area contributed by atoms with Crippen molar-refractivity contribution < 1.29 is 19.1 Å². The maximum Gasteiger partial charge on any atom is 0.333 e. The van der Waals surface area contributed by atoms with E-state index in [-0.39, 0.29) is 18.2 Å². The van der Waals surface area contributed by atoms with E-state index in [1.807, 2.05) is 18.2 Å². The van der Waals surface area contributed by atoms with Gasteiger partial charge in [0.15, 0.2) is 6.61 Å². The summed E-state index contributed by atoms with van der Waals surface area (Å²) < 4.78 is 6.17. The predicted molar refractivity (Wildman–Crippen MR) is 130 cm³/mol. The number of rotatable bonds is 6. The Morgan fingerprint density at radius 2 is 1.85 bits per heavy atom. The molecule has 1 fully saturated rings. The summed E-state index contributed by atoms with van der Waals surface area (Å²) in [6.45, 7) is -0.170. The van der Waals surface area contributed by atoms with E-state index in [1.165, 1.54) is 0 Å². The number of benzene rings is 3. The van der Waals surface area contributed by atoms with E-state index in [9.17, 15) is 14.4 Å². The van der Waals surface area contributed by atoms with Crippen LogP contribution in [0.25, 0.3) is 6.08 Å². The van der Waals surface area contributed by atoms with Gasteiger partial charge in [-0.3, -0.25) is 9.59 Å². The van der Waals surface area contributed by atoms with Crippen molar-refractivity contribution >= 4 is 62.8 Å². The second-order valence-electron chi connectivity index (χ2n) is 7.00. The van der Waals surface area contributed by atoms with Gasteiger partial charge in [-0.15, -0.1) is 0 Å². The number of hydrogen-bond acceptors (Lipinski definition) is 4. The highest BCUT2D eigenvalue weighted by Gasteiger charge is 2.34. The zero-order chi connectivity index (χ0) is 23.4. The quantitative estimate of drug-likeness (QED) is 0.341. The molecule has 0 atom stereocenters. The molecule has 2 N–H and O–H groups in total. The van der Waals surface area contributed by atoms with E-state index in [2.05, 4.69) is 26.6 Å². The van der Waals surface area contributed by atoms with Crippen molar-refractivity contribution in [3.63, 3.8) is 0 Å². The molecule has 33 heavy (non-hydrogen) atoms. The number of imide groups is 1. The third-order valence-corrected chi connectivity index (χ3v) is 5.48. The van der Waals surface area contributed by atoms with Crippen LogP contribution in [0.3, 0.4) is 0 Å². The summed E-state index contributed by atoms with van der Waals surface area (Å²) in [6, 6.07) is 20.1. The van der Waals surface area contributed by atoms with Crippen LogP contribution in [0.15, 0.2) is 83.0 Å². The molecule has 1 aliphatic rings. The van der Waals surface area contributed by atoms with Crippen LogP contribution in [0.5, 0.6) is 5.75 Å². The van der Waals surface area contributed by atoms with E-state index in [1.54, 1.807) is 60.7 Å². The summed E-state index contributed by atoms with van der Waals surface area (Å²) in [5, 5.41) is 5.73. The second kappa shape index (κ2) is 9.89. The van der Waals surface area contributed by atoms with Crippen LogP contribution in [0, 0.1) is 0 Å². The highest BCUT2D eigenvalue weighted by molar-refractivity contribution is 9.10. The molecular formula is C24H17BrClN3O4. The lowest BCUT2D eigenvalue weighted by molar-refractivity contribution is -0.118. The lowest BCUT2D eigenvalue weighted by Crippen LogP contribution is -2.30. The number of nitrogens with one attached hydrogen (secondary N) is 2. The summed E-state index contributed by atoms with van der Waals surface area (Å²) in [7, 11) is 0. The van der Waals surface area contributed by atoms with Crippen LogP contribution in [0.2, 0.25) is 5.02 Å². The van der Waals surface area contributed by atoms with Crippen molar-refractivity contribution in [3.8, 4) is 5.75 Å². The van der Waals surface area contributed by atoms with E-state index in [4.69, 9.17) is 16.3 Å². The van der Waals surface area contributed by atoms with Crippen molar-refractivity contribution in [1.29, 1.82) is 0 Å². The summed E-state index contributed by atoms with van der Waals surface area (Å²) in [4.78, 5) is 38.2. The third kappa shape index (κ3) is 5.42. The van der Waals surface area contributed by atoms with Crippen LogP contribution in [-0.2, 0) is 9.59 Å². The second-order valence-corrected chi connectivity index (χ2v) is 8.29. The molecule has 0 saturated carbocycles. The van der Waals surface area contributed by atoms with Gasteiger partial charge in [-0.25, -0.2) is 9.69 Å². The van der Waals surface area contributed by atoms with Crippen LogP contribution in [0.1, 0.15) is 5.56 Å². The first-order valence-electron chi connectivity index (χ1n) is 9.80. The molecule has 0 aliphatic carbocycles. The number of hydrogen-bond donors (Lipinski definition) is 2. The Morgan fingerprint density at radius 3 is 2.58 bits per heavy atom. The minimum absolute atomic E-state index is 0.128. The largest absolute Gasteiger partial charge is 0.483 e. The monoisotopic (exact) mass is 525 g/mol. The van der Waals surface area contributed by atoms with Gasteiger partial charge < -0.3 is 15.4 Å². The first-order valence-corrected chi connectivity index (χ1v) is 11.0. The Hall–Kier alpha value is -3.62. The molecule has 0 unspecified atom stereocenters. The molecule has 1 saturated heterocycles. The number of urea groups is 1. The molecule has 0 spiro atoms. The average molecular weight is 527 g/mol. The van der Waals surface area contributed by atoms with Crippen molar-refractivity contribution in [2.24, 2.45) is 0 Å². The van der Waals surface area contributed by atoms with Crippen LogP contribution in [0.4, 0.5) is 16.2 Å².